The summed E-state index contributed by atoms with van der Waals surface area (Å²) in [5.74, 6) is -0.226. The molecule has 0 aliphatic heterocycles. The SMILES string of the molecule is CC(Sc1ccncn1)C(=O)OC(C)(C)C. The maximum absolute atomic E-state index is 11.7. The lowest BCUT2D eigenvalue weighted by atomic mass is 10.2. The molecule has 0 aliphatic rings. The monoisotopic (exact) mass is 240 g/mol. The Bertz CT molecular complexity index is 349. The molecule has 0 aromatic carbocycles. The minimum Gasteiger partial charge on any atom is -0.459 e. The predicted octanol–water partition coefficient (Wildman–Crippen LogP) is 2.30. The number of ether oxygens (including phenoxy) is 1. The Hall–Kier alpha value is -1.10. The van der Waals surface area contributed by atoms with Crippen LogP contribution in [0.2, 0.25) is 0 Å². The summed E-state index contributed by atoms with van der Waals surface area (Å²) in [5.41, 5.74) is -0.447. The van der Waals surface area contributed by atoms with E-state index in [-0.39, 0.29) is 11.2 Å². The van der Waals surface area contributed by atoms with Crippen LogP contribution < -0.4 is 0 Å². The van der Waals surface area contributed by atoms with Gasteiger partial charge in [0.25, 0.3) is 0 Å². The van der Waals surface area contributed by atoms with Crippen LogP contribution in [0, 0.1) is 0 Å². The Labute approximate surface area is 99.8 Å². The molecule has 1 heterocycles. The van der Waals surface area contributed by atoms with E-state index in [0.29, 0.717) is 0 Å². The second-order valence-electron chi connectivity index (χ2n) is 4.34. The van der Waals surface area contributed by atoms with Crippen LogP contribution >= 0.6 is 11.8 Å². The molecule has 0 saturated heterocycles. The molecule has 4 nitrogen and oxygen atoms in total. The lowest BCUT2D eigenvalue weighted by Crippen LogP contribution is -2.28. The van der Waals surface area contributed by atoms with Crippen molar-refractivity contribution in [2.75, 3.05) is 0 Å². The Morgan fingerprint density at radius 3 is 2.69 bits per heavy atom. The molecular formula is C11H16N2O2S. The highest BCUT2D eigenvalue weighted by Crippen LogP contribution is 2.22. The van der Waals surface area contributed by atoms with Crippen LogP contribution in [0.25, 0.3) is 0 Å². The summed E-state index contributed by atoms with van der Waals surface area (Å²) in [5, 5.41) is 0.502. The van der Waals surface area contributed by atoms with E-state index in [1.165, 1.54) is 18.1 Å². The molecule has 1 rings (SSSR count). The van der Waals surface area contributed by atoms with Gasteiger partial charge in [0, 0.05) is 6.20 Å². The van der Waals surface area contributed by atoms with Crippen LogP contribution in [0.4, 0.5) is 0 Å². The summed E-state index contributed by atoms with van der Waals surface area (Å²) in [6.45, 7) is 7.37. The van der Waals surface area contributed by atoms with Gasteiger partial charge in [-0.15, -0.1) is 0 Å². The zero-order valence-electron chi connectivity index (χ0n) is 9.93. The maximum atomic E-state index is 11.7. The minimum atomic E-state index is -0.447. The lowest BCUT2D eigenvalue weighted by Gasteiger charge is -2.21. The first kappa shape index (κ1) is 13.0. The van der Waals surface area contributed by atoms with Crippen molar-refractivity contribution in [1.29, 1.82) is 0 Å². The number of nitrogens with zero attached hydrogens (tertiary/aromatic N) is 2. The fourth-order valence-corrected chi connectivity index (χ4v) is 1.72. The number of esters is 1. The Kier molecular flexibility index (Phi) is 4.29. The van der Waals surface area contributed by atoms with Gasteiger partial charge in [0.15, 0.2) is 0 Å². The number of hydrogen-bond acceptors (Lipinski definition) is 5. The molecule has 0 spiro atoms. The van der Waals surface area contributed by atoms with Crippen LogP contribution in [-0.2, 0) is 9.53 Å². The fraction of sp³-hybridized carbons (Fsp3) is 0.545. The van der Waals surface area contributed by atoms with E-state index in [2.05, 4.69) is 9.97 Å². The normalized spacial score (nSPS) is 13.2. The van der Waals surface area contributed by atoms with Crippen molar-refractivity contribution in [3.8, 4) is 0 Å². The number of aromatic nitrogens is 2. The number of carbonyl (C=O) groups is 1. The maximum Gasteiger partial charge on any atom is 0.319 e. The number of carbonyl (C=O) groups excluding carboxylic acids is 1. The molecule has 0 aliphatic carbocycles. The molecule has 0 amide bonds. The van der Waals surface area contributed by atoms with Gasteiger partial charge >= 0.3 is 5.97 Å². The van der Waals surface area contributed by atoms with E-state index in [0.717, 1.165) is 5.03 Å². The average Bonchev–Trinajstić information content (AvgIpc) is 2.16. The molecule has 0 fully saturated rings. The third-order valence-corrected chi connectivity index (χ3v) is 2.62. The Morgan fingerprint density at radius 2 is 2.19 bits per heavy atom. The third kappa shape index (κ3) is 4.61. The Morgan fingerprint density at radius 1 is 1.50 bits per heavy atom. The van der Waals surface area contributed by atoms with E-state index < -0.39 is 5.60 Å². The standard InChI is InChI=1S/C11H16N2O2S/c1-8(10(14)15-11(2,3)4)16-9-5-6-12-7-13-9/h5-8H,1-4H3. The number of rotatable bonds is 3. The first-order chi connectivity index (χ1) is 7.38. The fourth-order valence-electron chi connectivity index (χ4n) is 0.962. The van der Waals surface area contributed by atoms with Gasteiger partial charge in [-0.2, -0.15) is 0 Å². The largest absolute Gasteiger partial charge is 0.459 e. The number of hydrogen-bond donors (Lipinski definition) is 0. The topological polar surface area (TPSA) is 52.1 Å². The van der Waals surface area contributed by atoms with Crippen molar-refractivity contribution in [3.05, 3.63) is 18.6 Å². The van der Waals surface area contributed by atoms with Crippen LogP contribution in [0.3, 0.4) is 0 Å². The first-order valence-electron chi connectivity index (χ1n) is 5.04. The zero-order valence-corrected chi connectivity index (χ0v) is 10.7. The van der Waals surface area contributed by atoms with E-state index in [1.54, 1.807) is 19.2 Å². The minimum absolute atomic E-state index is 0.226. The first-order valence-corrected chi connectivity index (χ1v) is 5.92. The third-order valence-electron chi connectivity index (χ3n) is 1.59. The van der Waals surface area contributed by atoms with Crippen molar-refractivity contribution < 1.29 is 9.53 Å². The summed E-state index contributed by atoms with van der Waals surface area (Å²) in [6.07, 6.45) is 3.11. The van der Waals surface area contributed by atoms with Crippen molar-refractivity contribution >= 4 is 17.7 Å². The van der Waals surface area contributed by atoms with E-state index in [1.807, 2.05) is 20.8 Å². The molecule has 1 unspecified atom stereocenters. The molecule has 5 heteroatoms. The van der Waals surface area contributed by atoms with Crippen molar-refractivity contribution in [2.45, 2.75) is 43.6 Å². The summed E-state index contributed by atoms with van der Waals surface area (Å²) < 4.78 is 5.27. The number of thioether (sulfide) groups is 1. The van der Waals surface area contributed by atoms with Gasteiger partial charge in [0.1, 0.15) is 22.2 Å². The van der Waals surface area contributed by atoms with E-state index in [4.69, 9.17) is 4.74 Å². The average molecular weight is 240 g/mol. The molecule has 88 valence electrons. The summed E-state index contributed by atoms with van der Waals surface area (Å²) in [7, 11) is 0. The summed E-state index contributed by atoms with van der Waals surface area (Å²) >= 11 is 1.37. The second-order valence-corrected chi connectivity index (χ2v) is 5.70. The van der Waals surface area contributed by atoms with Gasteiger partial charge in [-0.3, -0.25) is 4.79 Å². The highest BCUT2D eigenvalue weighted by Gasteiger charge is 2.22. The molecular weight excluding hydrogens is 224 g/mol. The van der Waals surface area contributed by atoms with Crippen molar-refractivity contribution in [2.24, 2.45) is 0 Å². The van der Waals surface area contributed by atoms with Crippen molar-refractivity contribution in [3.63, 3.8) is 0 Å². The van der Waals surface area contributed by atoms with Crippen LogP contribution in [0.1, 0.15) is 27.7 Å². The van der Waals surface area contributed by atoms with Crippen LogP contribution in [-0.4, -0.2) is 26.8 Å². The van der Waals surface area contributed by atoms with Crippen molar-refractivity contribution in [1.82, 2.24) is 9.97 Å². The molecule has 0 saturated carbocycles. The Balaban J connectivity index is 2.53. The summed E-state index contributed by atoms with van der Waals surface area (Å²) in [4.78, 5) is 19.5. The van der Waals surface area contributed by atoms with Gasteiger partial charge < -0.3 is 4.74 Å². The zero-order chi connectivity index (χ0) is 12.2. The predicted molar refractivity (Wildman–Crippen MR) is 63.2 cm³/mol. The van der Waals surface area contributed by atoms with Crippen LogP contribution in [0.15, 0.2) is 23.6 Å². The van der Waals surface area contributed by atoms with E-state index in [9.17, 15) is 4.79 Å². The highest BCUT2D eigenvalue weighted by atomic mass is 32.2. The van der Waals surface area contributed by atoms with Gasteiger partial charge in [-0.25, -0.2) is 9.97 Å². The molecule has 1 aromatic heterocycles. The van der Waals surface area contributed by atoms with Gasteiger partial charge in [-0.05, 0) is 33.8 Å². The smallest absolute Gasteiger partial charge is 0.319 e. The highest BCUT2D eigenvalue weighted by molar-refractivity contribution is 8.00. The molecule has 16 heavy (non-hydrogen) atoms. The molecule has 1 aromatic rings. The van der Waals surface area contributed by atoms with E-state index >= 15 is 0 Å². The van der Waals surface area contributed by atoms with Gasteiger partial charge in [-0.1, -0.05) is 11.8 Å². The quantitative estimate of drug-likeness (QED) is 0.461. The molecule has 1 atom stereocenters. The van der Waals surface area contributed by atoms with Crippen LogP contribution in [0.5, 0.6) is 0 Å². The molecule has 0 N–H and O–H groups in total. The molecule has 0 bridgehead atoms. The lowest BCUT2D eigenvalue weighted by molar-refractivity contribution is -0.153. The summed E-state index contributed by atoms with van der Waals surface area (Å²) in [6, 6.07) is 1.77. The van der Waals surface area contributed by atoms with Gasteiger partial charge in [0.05, 0.1) is 0 Å². The van der Waals surface area contributed by atoms with Gasteiger partial charge in [0.2, 0.25) is 0 Å². The molecule has 0 radical (unpaired) electrons. The second kappa shape index (κ2) is 5.30.